The second kappa shape index (κ2) is 5.04. The van der Waals surface area contributed by atoms with E-state index in [1.165, 1.54) is 0 Å². The summed E-state index contributed by atoms with van der Waals surface area (Å²) in [6, 6.07) is 6.63. The molecule has 1 saturated carbocycles. The van der Waals surface area contributed by atoms with Gasteiger partial charge in [0.1, 0.15) is 5.65 Å². The quantitative estimate of drug-likeness (QED) is 0.596. The van der Waals surface area contributed by atoms with Crippen molar-refractivity contribution >= 4 is 22.5 Å². The molecule has 1 aliphatic heterocycles. The van der Waals surface area contributed by atoms with Crippen LogP contribution in [0.1, 0.15) is 12.8 Å². The Hall–Kier alpha value is -2.93. The van der Waals surface area contributed by atoms with Gasteiger partial charge in [0.2, 0.25) is 5.95 Å². The summed E-state index contributed by atoms with van der Waals surface area (Å²) in [7, 11) is 0. The summed E-state index contributed by atoms with van der Waals surface area (Å²) in [5.74, 6) is 0.692. The van der Waals surface area contributed by atoms with Crippen LogP contribution in [0.2, 0.25) is 0 Å². The molecule has 0 radical (unpaired) electrons. The normalized spacial score (nSPS) is 18.9. The summed E-state index contributed by atoms with van der Waals surface area (Å²) in [5.41, 5.74) is 4.58. The van der Waals surface area contributed by atoms with E-state index in [9.17, 15) is 0 Å². The first-order chi connectivity index (χ1) is 12.8. The molecule has 6 rings (SSSR count). The van der Waals surface area contributed by atoms with E-state index in [2.05, 4.69) is 37.5 Å². The summed E-state index contributed by atoms with van der Waals surface area (Å²) in [4.78, 5) is 12.5. The van der Waals surface area contributed by atoms with Gasteiger partial charge in [-0.3, -0.25) is 0 Å². The number of hydrogen-bond acceptors (Lipinski definition) is 5. The SMILES string of the molecule is c1cc2cc(-c3c[nH]c4nc(NC5CC6(COC6)C5)ncc34)ccn2n1. The van der Waals surface area contributed by atoms with Gasteiger partial charge in [-0.05, 0) is 36.6 Å². The Morgan fingerprint density at radius 3 is 3.04 bits per heavy atom. The monoisotopic (exact) mass is 346 g/mol. The first-order valence-electron chi connectivity index (χ1n) is 8.90. The molecule has 7 heteroatoms. The second-order valence-electron chi connectivity index (χ2n) is 7.52. The highest BCUT2D eigenvalue weighted by Gasteiger charge is 2.49. The Morgan fingerprint density at radius 1 is 1.27 bits per heavy atom. The standard InChI is InChI=1S/C19H18N6O/c1-3-22-25-4-2-12(5-14(1)25)15-8-20-17-16(15)9-21-18(24-17)23-13-6-19(7-13)10-26-11-19/h1-5,8-9,13H,6-7,10-11H2,(H2,20,21,23,24). The molecule has 0 bridgehead atoms. The van der Waals surface area contributed by atoms with Crippen LogP contribution in [-0.2, 0) is 4.74 Å². The molecular formula is C19H18N6O. The molecule has 2 N–H and O–H groups in total. The minimum absolute atomic E-state index is 0.438. The van der Waals surface area contributed by atoms with E-state index in [-0.39, 0.29) is 0 Å². The number of hydrogen-bond donors (Lipinski definition) is 2. The van der Waals surface area contributed by atoms with Crippen molar-refractivity contribution in [3.05, 3.63) is 43.0 Å². The van der Waals surface area contributed by atoms with E-state index in [0.29, 0.717) is 17.4 Å². The van der Waals surface area contributed by atoms with Crippen molar-refractivity contribution in [1.29, 1.82) is 0 Å². The molecule has 4 aromatic rings. The summed E-state index contributed by atoms with van der Waals surface area (Å²) in [5, 5.41) is 8.72. The number of nitrogens with zero attached hydrogens (tertiary/aromatic N) is 4. The van der Waals surface area contributed by atoms with Gasteiger partial charge in [0.05, 0.1) is 18.7 Å². The Labute approximate surface area is 149 Å². The number of H-pyrrole nitrogens is 1. The lowest BCUT2D eigenvalue weighted by Gasteiger charge is -2.53. The highest BCUT2D eigenvalue weighted by atomic mass is 16.5. The second-order valence-corrected chi connectivity index (χ2v) is 7.52. The predicted octanol–water partition coefficient (Wildman–Crippen LogP) is 2.86. The first kappa shape index (κ1) is 14.3. The molecule has 0 atom stereocenters. The molecule has 5 heterocycles. The fourth-order valence-electron chi connectivity index (χ4n) is 4.20. The van der Waals surface area contributed by atoms with Crippen molar-refractivity contribution in [2.45, 2.75) is 18.9 Å². The van der Waals surface area contributed by atoms with E-state index >= 15 is 0 Å². The van der Waals surface area contributed by atoms with Crippen molar-refractivity contribution < 1.29 is 4.74 Å². The number of pyridine rings is 1. The Kier molecular flexibility index (Phi) is 2.77. The Balaban J connectivity index is 1.29. The molecular weight excluding hydrogens is 328 g/mol. The molecule has 2 aliphatic rings. The van der Waals surface area contributed by atoms with Crippen molar-refractivity contribution in [2.75, 3.05) is 18.5 Å². The topological polar surface area (TPSA) is 80.1 Å². The minimum atomic E-state index is 0.438. The summed E-state index contributed by atoms with van der Waals surface area (Å²) >= 11 is 0. The molecule has 4 aromatic heterocycles. The highest BCUT2D eigenvalue weighted by molar-refractivity contribution is 5.94. The maximum Gasteiger partial charge on any atom is 0.224 e. The van der Waals surface area contributed by atoms with Crippen LogP contribution in [0.3, 0.4) is 0 Å². The van der Waals surface area contributed by atoms with Crippen LogP contribution in [0, 0.1) is 5.41 Å². The van der Waals surface area contributed by atoms with Gasteiger partial charge in [-0.2, -0.15) is 10.1 Å². The fourth-order valence-corrected chi connectivity index (χ4v) is 4.20. The number of nitrogens with one attached hydrogen (secondary N) is 2. The maximum atomic E-state index is 5.33. The maximum absolute atomic E-state index is 5.33. The zero-order valence-corrected chi connectivity index (χ0v) is 14.1. The highest BCUT2D eigenvalue weighted by Crippen LogP contribution is 2.47. The lowest BCUT2D eigenvalue weighted by molar-refractivity contribution is -0.159. The van der Waals surface area contributed by atoms with E-state index < -0.39 is 0 Å². The molecule has 1 spiro atoms. The summed E-state index contributed by atoms with van der Waals surface area (Å²) in [6.07, 6.45) is 9.96. The van der Waals surface area contributed by atoms with Crippen molar-refractivity contribution in [3.63, 3.8) is 0 Å². The minimum Gasteiger partial charge on any atom is -0.380 e. The Bertz CT molecular complexity index is 1120. The van der Waals surface area contributed by atoms with Gasteiger partial charge in [0.25, 0.3) is 0 Å². The third-order valence-corrected chi connectivity index (χ3v) is 5.65. The molecule has 7 nitrogen and oxygen atoms in total. The molecule has 1 saturated heterocycles. The molecule has 130 valence electrons. The molecule has 1 aliphatic carbocycles. The predicted molar refractivity (Wildman–Crippen MR) is 98.0 cm³/mol. The van der Waals surface area contributed by atoms with Crippen molar-refractivity contribution in [1.82, 2.24) is 24.6 Å². The third-order valence-electron chi connectivity index (χ3n) is 5.65. The van der Waals surface area contributed by atoms with Crippen LogP contribution in [-0.4, -0.2) is 43.8 Å². The molecule has 0 unspecified atom stereocenters. The number of aromatic amines is 1. The van der Waals surface area contributed by atoms with Crippen LogP contribution in [0.25, 0.3) is 27.7 Å². The lowest BCUT2D eigenvalue weighted by atomic mass is 9.64. The van der Waals surface area contributed by atoms with Crippen LogP contribution < -0.4 is 5.32 Å². The van der Waals surface area contributed by atoms with Crippen LogP contribution in [0.15, 0.2) is 43.0 Å². The average molecular weight is 346 g/mol. The molecule has 0 amide bonds. The zero-order valence-electron chi connectivity index (χ0n) is 14.1. The number of ether oxygens (including phenoxy) is 1. The first-order valence-corrected chi connectivity index (χ1v) is 8.90. The van der Waals surface area contributed by atoms with Crippen LogP contribution >= 0.6 is 0 Å². The fraction of sp³-hybridized carbons (Fsp3) is 0.316. The summed E-state index contributed by atoms with van der Waals surface area (Å²) in [6.45, 7) is 1.82. The van der Waals surface area contributed by atoms with E-state index in [0.717, 1.165) is 53.7 Å². The zero-order chi connectivity index (χ0) is 17.1. The van der Waals surface area contributed by atoms with Gasteiger partial charge >= 0.3 is 0 Å². The van der Waals surface area contributed by atoms with Crippen LogP contribution in [0.4, 0.5) is 5.95 Å². The van der Waals surface area contributed by atoms with Gasteiger partial charge in [-0.15, -0.1) is 0 Å². The average Bonchev–Trinajstić information content (AvgIpc) is 3.21. The molecule has 2 fully saturated rings. The van der Waals surface area contributed by atoms with Gasteiger partial charge in [0, 0.05) is 47.2 Å². The number of rotatable bonds is 3. The number of aromatic nitrogens is 5. The van der Waals surface area contributed by atoms with Gasteiger partial charge in [-0.25, -0.2) is 9.50 Å². The van der Waals surface area contributed by atoms with Gasteiger partial charge in [0.15, 0.2) is 0 Å². The number of anilines is 1. The Morgan fingerprint density at radius 2 is 2.19 bits per heavy atom. The van der Waals surface area contributed by atoms with E-state index in [4.69, 9.17) is 4.74 Å². The summed E-state index contributed by atoms with van der Waals surface area (Å²) < 4.78 is 7.19. The van der Waals surface area contributed by atoms with Gasteiger partial charge in [-0.1, -0.05) is 0 Å². The van der Waals surface area contributed by atoms with E-state index in [1.54, 1.807) is 6.20 Å². The smallest absolute Gasteiger partial charge is 0.224 e. The molecule has 0 aromatic carbocycles. The van der Waals surface area contributed by atoms with Crippen molar-refractivity contribution in [3.8, 4) is 11.1 Å². The third kappa shape index (κ3) is 2.07. The lowest BCUT2D eigenvalue weighted by Crippen LogP contribution is -2.56. The van der Waals surface area contributed by atoms with Crippen LogP contribution in [0.5, 0.6) is 0 Å². The van der Waals surface area contributed by atoms with E-state index in [1.807, 2.05) is 29.2 Å². The molecule has 26 heavy (non-hydrogen) atoms. The van der Waals surface area contributed by atoms with Gasteiger partial charge < -0.3 is 15.0 Å². The largest absolute Gasteiger partial charge is 0.380 e. The number of fused-ring (bicyclic) bond motifs is 2. The van der Waals surface area contributed by atoms with Crippen molar-refractivity contribution in [2.24, 2.45) is 5.41 Å².